The molecule has 0 bridgehead atoms. The number of aliphatic hydroxyl groups is 1. The van der Waals surface area contributed by atoms with E-state index in [0.717, 1.165) is 6.07 Å². The lowest BCUT2D eigenvalue weighted by molar-refractivity contribution is 0.0268. The molecule has 17 heavy (non-hydrogen) atoms. The molecule has 0 spiro atoms. The first-order chi connectivity index (χ1) is 8.09. The normalized spacial score (nSPS) is 24.2. The Bertz CT molecular complexity index is 392. The standard InChI is InChI=1S/C12H15F2NO2/c13-10-2-1-9(11(14)5-10)6-15-7-12(16)3-4-17-8-12/h1-2,5,15-16H,3-4,6-8H2. The Morgan fingerprint density at radius 1 is 1.41 bits per heavy atom. The molecule has 0 saturated carbocycles. The summed E-state index contributed by atoms with van der Waals surface area (Å²) < 4.78 is 31.0. The van der Waals surface area contributed by atoms with Gasteiger partial charge in [0.25, 0.3) is 0 Å². The zero-order chi connectivity index (χ0) is 12.3. The Morgan fingerprint density at radius 2 is 2.24 bits per heavy atom. The van der Waals surface area contributed by atoms with E-state index < -0.39 is 17.2 Å². The van der Waals surface area contributed by atoms with Gasteiger partial charge in [-0.2, -0.15) is 0 Å². The van der Waals surface area contributed by atoms with Gasteiger partial charge in [-0.05, 0) is 6.07 Å². The predicted molar refractivity (Wildman–Crippen MR) is 58.5 cm³/mol. The highest BCUT2D eigenvalue weighted by atomic mass is 19.1. The van der Waals surface area contributed by atoms with E-state index in [1.165, 1.54) is 12.1 Å². The second kappa shape index (κ2) is 5.08. The molecule has 2 rings (SSSR count). The molecule has 0 radical (unpaired) electrons. The molecule has 1 aliphatic heterocycles. The van der Waals surface area contributed by atoms with Crippen molar-refractivity contribution >= 4 is 0 Å². The molecule has 0 aliphatic carbocycles. The van der Waals surface area contributed by atoms with Crippen LogP contribution in [0.15, 0.2) is 18.2 Å². The molecular formula is C12H15F2NO2. The van der Waals surface area contributed by atoms with Crippen molar-refractivity contribution in [1.29, 1.82) is 0 Å². The quantitative estimate of drug-likeness (QED) is 0.835. The number of ether oxygens (including phenoxy) is 1. The van der Waals surface area contributed by atoms with E-state index in [0.29, 0.717) is 31.7 Å². The first kappa shape index (κ1) is 12.4. The Kier molecular flexibility index (Phi) is 3.71. The summed E-state index contributed by atoms with van der Waals surface area (Å²) in [6, 6.07) is 3.46. The van der Waals surface area contributed by atoms with Crippen molar-refractivity contribution in [2.24, 2.45) is 0 Å². The van der Waals surface area contributed by atoms with Gasteiger partial charge in [-0.15, -0.1) is 0 Å². The van der Waals surface area contributed by atoms with Gasteiger partial charge in [0.15, 0.2) is 0 Å². The maximum atomic E-state index is 13.3. The van der Waals surface area contributed by atoms with Crippen LogP contribution in [0.1, 0.15) is 12.0 Å². The lowest BCUT2D eigenvalue weighted by Gasteiger charge is -2.20. The maximum absolute atomic E-state index is 13.3. The lowest BCUT2D eigenvalue weighted by atomic mass is 10.0. The molecule has 1 heterocycles. The summed E-state index contributed by atoms with van der Waals surface area (Å²) >= 11 is 0. The fraction of sp³-hybridized carbons (Fsp3) is 0.500. The van der Waals surface area contributed by atoms with Crippen LogP contribution in [0.4, 0.5) is 8.78 Å². The Labute approximate surface area is 98.4 Å². The molecule has 0 aromatic heterocycles. The molecule has 1 aromatic carbocycles. The number of benzene rings is 1. The largest absolute Gasteiger partial charge is 0.386 e. The number of hydrogen-bond donors (Lipinski definition) is 2. The Hall–Kier alpha value is -1.04. The minimum absolute atomic E-state index is 0.258. The summed E-state index contributed by atoms with van der Waals surface area (Å²) in [6.07, 6.45) is 0.575. The van der Waals surface area contributed by atoms with Crippen molar-refractivity contribution in [3.05, 3.63) is 35.4 Å². The van der Waals surface area contributed by atoms with Crippen LogP contribution in [0.25, 0.3) is 0 Å². The number of nitrogens with one attached hydrogen (secondary N) is 1. The van der Waals surface area contributed by atoms with Gasteiger partial charge in [0.2, 0.25) is 0 Å². The summed E-state index contributed by atoms with van der Waals surface area (Å²) in [5, 5.41) is 12.9. The van der Waals surface area contributed by atoms with Gasteiger partial charge in [0, 0.05) is 37.7 Å². The summed E-state index contributed by atoms with van der Waals surface area (Å²) in [5.74, 6) is -1.17. The van der Waals surface area contributed by atoms with Crippen LogP contribution >= 0.6 is 0 Å². The third-order valence-corrected chi connectivity index (χ3v) is 2.87. The molecule has 1 saturated heterocycles. The number of hydrogen-bond acceptors (Lipinski definition) is 3. The molecule has 3 nitrogen and oxygen atoms in total. The van der Waals surface area contributed by atoms with Gasteiger partial charge in [0.1, 0.15) is 17.2 Å². The molecule has 1 aliphatic rings. The first-order valence-corrected chi connectivity index (χ1v) is 5.54. The molecule has 0 amide bonds. The van der Waals surface area contributed by atoms with Crippen LogP contribution < -0.4 is 5.32 Å². The molecule has 1 aromatic rings. The molecule has 1 unspecified atom stereocenters. The van der Waals surface area contributed by atoms with Crippen LogP contribution in [0.5, 0.6) is 0 Å². The molecule has 2 N–H and O–H groups in total. The predicted octanol–water partition coefficient (Wildman–Crippen LogP) is 1.21. The van der Waals surface area contributed by atoms with Crippen molar-refractivity contribution < 1.29 is 18.6 Å². The molecule has 1 atom stereocenters. The highest BCUT2D eigenvalue weighted by Gasteiger charge is 2.31. The van der Waals surface area contributed by atoms with Crippen LogP contribution in [-0.4, -0.2) is 30.5 Å². The average molecular weight is 243 g/mol. The fourth-order valence-electron chi connectivity index (χ4n) is 1.83. The third kappa shape index (κ3) is 3.21. The van der Waals surface area contributed by atoms with E-state index in [4.69, 9.17) is 4.74 Å². The van der Waals surface area contributed by atoms with Crippen LogP contribution in [0.3, 0.4) is 0 Å². The van der Waals surface area contributed by atoms with E-state index in [1.807, 2.05) is 0 Å². The SMILES string of the molecule is OC1(CNCc2ccc(F)cc2F)CCOC1. The third-order valence-electron chi connectivity index (χ3n) is 2.87. The van der Waals surface area contributed by atoms with Crippen LogP contribution in [-0.2, 0) is 11.3 Å². The van der Waals surface area contributed by atoms with E-state index in [2.05, 4.69) is 5.32 Å². The smallest absolute Gasteiger partial charge is 0.130 e. The Balaban J connectivity index is 1.85. The Morgan fingerprint density at radius 3 is 2.88 bits per heavy atom. The number of rotatable bonds is 4. The summed E-state index contributed by atoms with van der Waals surface area (Å²) in [7, 11) is 0. The first-order valence-electron chi connectivity index (χ1n) is 5.54. The van der Waals surface area contributed by atoms with Gasteiger partial charge in [0.05, 0.1) is 6.61 Å². The topological polar surface area (TPSA) is 41.5 Å². The van der Waals surface area contributed by atoms with Gasteiger partial charge in [-0.25, -0.2) is 8.78 Å². The van der Waals surface area contributed by atoms with Crippen molar-refractivity contribution in [1.82, 2.24) is 5.32 Å². The maximum Gasteiger partial charge on any atom is 0.130 e. The fourth-order valence-corrected chi connectivity index (χ4v) is 1.83. The second-order valence-corrected chi connectivity index (χ2v) is 4.37. The highest BCUT2D eigenvalue weighted by Crippen LogP contribution is 2.17. The van der Waals surface area contributed by atoms with Crippen molar-refractivity contribution in [3.8, 4) is 0 Å². The minimum Gasteiger partial charge on any atom is -0.386 e. The average Bonchev–Trinajstić information content (AvgIpc) is 2.69. The zero-order valence-electron chi connectivity index (χ0n) is 9.38. The van der Waals surface area contributed by atoms with Crippen molar-refractivity contribution in [3.63, 3.8) is 0 Å². The van der Waals surface area contributed by atoms with E-state index in [1.54, 1.807) is 0 Å². The van der Waals surface area contributed by atoms with Gasteiger partial charge >= 0.3 is 0 Å². The molecule has 94 valence electrons. The summed E-state index contributed by atoms with van der Waals surface area (Å²) in [6.45, 7) is 1.44. The molecular weight excluding hydrogens is 228 g/mol. The number of halogens is 2. The zero-order valence-corrected chi connectivity index (χ0v) is 9.38. The van der Waals surface area contributed by atoms with Crippen molar-refractivity contribution in [2.75, 3.05) is 19.8 Å². The van der Waals surface area contributed by atoms with Crippen molar-refractivity contribution in [2.45, 2.75) is 18.6 Å². The van der Waals surface area contributed by atoms with E-state index in [-0.39, 0.29) is 6.54 Å². The summed E-state index contributed by atoms with van der Waals surface area (Å²) in [4.78, 5) is 0. The van der Waals surface area contributed by atoms with Crippen LogP contribution in [0, 0.1) is 11.6 Å². The van der Waals surface area contributed by atoms with E-state index in [9.17, 15) is 13.9 Å². The van der Waals surface area contributed by atoms with Crippen LogP contribution in [0.2, 0.25) is 0 Å². The molecule has 5 heteroatoms. The monoisotopic (exact) mass is 243 g/mol. The second-order valence-electron chi connectivity index (χ2n) is 4.37. The van der Waals surface area contributed by atoms with Gasteiger partial charge in [-0.3, -0.25) is 0 Å². The minimum atomic E-state index is -0.865. The molecule has 1 fully saturated rings. The van der Waals surface area contributed by atoms with Gasteiger partial charge in [-0.1, -0.05) is 6.07 Å². The van der Waals surface area contributed by atoms with Gasteiger partial charge < -0.3 is 15.2 Å². The van der Waals surface area contributed by atoms with E-state index >= 15 is 0 Å². The summed E-state index contributed by atoms with van der Waals surface area (Å²) in [5.41, 5.74) is -0.481. The highest BCUT2D eigenvalue weighted by molar-refractivity contribution is 5.18. The lowest BCUT2D eigenvalue weighted by Crippen LogP contribution is -2.40.